The number of halogens is 3. The summed E-state index contributed by atoms with van der Waals surface area (Å²) in [6.45, 7) is 2.02. The van der Waals surface area contributed by atoms with Crippen LogP contribution in [0.2, 0.25) is 0 Å². The van der Waals surface area contributed by atoms with Crippen molar-refractivity contribution in [2.45, 2.75) is 19.1 Å². The molecule has 0 saturated heterocycles. The third kappa shape index (κ3) is 2.90. The van der Waals surface area contributed by atoms with Crippen molar-refractivity contribution in [2.24, 2.45) is 0 Å². The summed E-state index contributed by atoms with van der Waals surface area (Å²) in [4.78, 5) is 3.03. The van der Waals surface area contributed by atoms with Gasteiger partial charge in [-0.1, -0.05) is 17.4 Å². The quantitative estimate of drug-likeness (QED) is 0.927. The molecule has 3 rings (SSSR count). The van der Waals surface area contributed by atoms with Crippen molar-refractivity contribution in [1.82, 2.24) is 4.98 Å². The van der Waals surface area contributed by atoms with Crippen molar-refractivity contribution in [3.05, 3.63) is 34.8 Å². The second-order valence-electron chi connectivity index (χ2n) is 4.51. The monoisotopic (exact) mass is 316 g/mol. The highest BCUT2D eigenvalue weighted by molar-refractivity contribution is 7.15. The van der Waals surface area contributed by atoms with Crippen molar-refractivity contribution in [2.75, 3.05) is 12.1 Å². The lowest BCUT2D eigenvalue weighted by molar-refractivity contribution is -0.134. The van der Waals surface area contributed by atoms with E-state index >= 15 is 0 Å². The largest absolute Gasteiger partial charge is 0.454 e. The van der Waals surface area contributed by atoms with Gasteiger partial charge in [0.2, 0.25) is 6.79 Å². The van der Waals surface area contributed by atoms with Crippen molar-refractivity contribution >= 4 is 16.5 Å². The van der Waals surface area contributed by atoms with Crippen molar-refractivity contribution < 1.29 is 22.6 Å². The summed E-state index contributed by atoms with van der Waals surface area (Å²) in [5, 5.41) is 3.18. The molecule has 1 aliphatic rings. The summed E-state index contributed by atoms with van der Waals surface area (Å²) in [7, 11) is 0. The normalized spacial score (nSPS) is 15.0. The Labute approximate surface area is 122 Å². The van der Waals surface area contributed by atoms with Crippen LogP contribution in [0.1, 0.15) is 23.4 Å². The van der Waals surface area contributed by atoms with Crippen LogP contribution in [-0.4, -0.2) is 11.8 Å². The Morgan fingerprint density at radius 1 is 1.29 bits per heavy atom. The molecule has 0 saturated carbocycles. The molecule has 0 spiro atoms. The molecule has 2 heterocycles. The van der Waals surface area contributed by atoms with Crippen LogP contribution in [-0.2, 0) is 6.18 Å². The summed E-state index contributed by atoms with van der Waals surface area (Å²) in [6, 6.07) is 5.22. The zero-order chi connectivity index (χ0) is 15.0. The molecule has 1 N–H and O–H groups in total. The first kappa shape index (κ1) is 14.0. The van der Waals surface area contributed by atoms with E-state index in [0.717, 1.165) is 11.8 Å². The molecule has 1 atom stereocenters. The maximum atomic E-state index is 12.5. The molecule has 1 unspecified atom stereocenters. The summed E-state index contributed by atoms with van der Waals surface area (Å²) < 4.78 is 48.1. The van der Waals surface area contributed by atoms with Crippen LogP contribution < -0.4 is 14.8 Å². The highest BCUT2D eigenvalue weighted by atomic mass is 32.1. The number of anilines is 1. The van der Waals surface area contributed by atoms with Gasteiger partial charge in [0, 0.05) is 0 Å². The highest BCUT2D eigenvalue weighted by Crippen LogP contribution is 2.37. The highest BCUT2D eigenvalue weighted by Gasteiger charge is 2.33. The average molecular weight is 316 g/mol. The number of nitrogens with zero attached hydrogens (tertiary/aromatic N) is 1. The molecule has 2 aromatic rings. The summed E-state index contributed by atoms with van der Waals surface area (Å²) in [6.07, 6.45) is -3.53. The molecule has 1 aliphatic heterocycles. The summed E-state index contributed by atoms with van der Waals surface area (Å²) in [5.41, 5.74) is 0.878. The first-order chi connectivity index (χ1) is 9.93. The predicted octanol–water partition coefficient (Wildman–Crippen LogP) is 4.06. The number of aromatic nitrogens is 1. The molecule has 0 bridgehead atoms. The van der Waals surface area contributed by atoms with E-state index < -0.39 is 11.1 Å². The van der Waals surface area contributed by atoms with Gasteiger partial charge in [-0.2, -0.15) is 13.2 Å². The van der Waals surface area contributed by atoms with Gasteiger partial charge in [0.1, 0.15) is 4.88 Å². The lowest BCUT2D eigenvalue weighted by atomic mass is 10.1. The van der Waals surface area contributed by atoms with E-state index in [-0.39, 0.29) is 18.0 Å². The fourth-order valence-corrected chi connectivity index (χ4v) is 2.69. The fourth-order valence-electron chi connectivity index (χ4n) is 1.92. The van der Waals surface area contributed by atoms with Crippen LogP contribution in [0.3, 0.4) is 0 Å². The van der Waals surface area contributed by atoms with E-state index in [1.807, 2.05) is 13.0 Å². The average Bonchev–Trinajstić information content (AvgIpc) is 3.04. The fraction of sp³-hybridized carbons (Fsp3) is 0.308. The number of rotatable bonds is 3. The van der Waals surface area contributed by atoms with Gasteiger partial charge in [-0.05, 0) is 24.6 Å². The molecule has 4 nitrogen and oxygen atoms in total. The van der Waals surface area contributed by atoms with Gasteiger partial charge in [0.05, 0.1) is 12.2 Å². The lowest BCUT2D eigenvalue weighted by Crippen LogP contribution is -2.06. The van der Waals surface area contributed by atoms with E-state index in [1.165, 1.54) is 0 Å². The van der Waals surface area contributed by atoms with Crippen LogP contribution in [0.25, 0.3) is 0 Å². The lowest BCUT2D eigenvalue weighted by Gasteiger charge is -2.13. The van der Waals surface area contributed by atoms with Gasteiger partial charge >= 0.3 is 6.18 Å². The molecule has 1 aromatic carbocycles. The van der Waals surface area contributed by atoms with Crippen LogP contribution in [0.4, 0.5) is 18.3 Å². The summed E-state index contributed by atoms with van der Waals surface area (Å²) >= 11 is 0.585. The Morgan fingerprint density at radius 2 is 2.05 bits per heavy atom. The molecule has 0 aliphatic carbocycles. The maximum Gasteiger partial charge on any atom is 0.427 e. The number of thiazole rings is 1. The number of alkyl halides is 3. The van der Waals surface area contributed by atoms with Gasteiger partial charge in [-0.15, -0.1) is 0 Å². The standard InChI is InChI=1S/C13H11F3N2O2S/c1-7(8-2-3-9-10(4-8)20-6-19-9)18-12-17-5-11(21-12)13(14,15)16/h2-5,7H,6H2,1H3,(H,17,18). The second-order valence-corrected chi connectivity index (χ2v) is 5.54. The number of fused-ring (bicyclic) bond motifs is 1. The maximum absolute atomic E-state index is 12.5. The van der Waals surface area contributed by atoms with Crippen LogP contribution in [0, 0.1) is 0 Å². The smallest absolute Gasteiger partial charge is 0.427 e. The number of hydrogen-bond acceptors (Lipinski definition) is 5. The van der Waals surface area contributed by atoms with Crippen molar-refractivity contribution in [3.63, 3.8) is 0 Å². The summed E-state index contributed by atoms with van der Waals surface area (Å²) in [5.74, 6) is 1.30. The Bertz CT molecular complexity index is 657. The zero-order valence-electron chi connectivity index (χ0n) is 10.9. The van der Waals surface area contributed by atoms with Gasteiger partial charge in [-0.3, -0.25) is 0 Å². The zero-order valence-corrected chi connectivity index (χ0v) is 11.7. The Hall–Kier alpha value is -1.96. The van der Waals surface area contributed by atoms with E-state index in [4.69, 9.17) is 9.47 Å². The molecule has 0 fully saturated rings. The number of benzene rings is 1. The Morgan fingerprint density at radius 3 is 2.76 bits per heavy atom. The third-order valence-electron chi connectivity index (χ3n) is 3.02. The molecule has 112 valence electrons. The van der Waals surface area contributed by atoms with Gasteiger partial charge < -0.3 is 14.8 Å². The van der Waals surface area contributed by atoms with E-state index in [2.05, 4.69) is 10.3 Å². The van der Waals surface area contributed by atoms with E-state index in [1.54, 1.807) is 12.1 Å². The van der Waals surface area contributed by atoms with Crippen LogP contribution in [0.15, 0.2) is 24.4 Å². The van der Waals surface area contributed by atoms with E-state index in [9.17, 15) is 13.2 Å². The Kier molecular flexibility index (Phi) is 3.40. The molecule has 8 heteroatoms. The number of ether oxygens (including phenoxy) is 2. The molecule has 1 aromatic heterocycles. The van der Waals surface area contributed by atoms with Gasteiger partial charge in [-0.25, -0.2) is 4.98 Å². The van der Waals surface area contributed by atoms with Crippen LogP contribution in [0.5, 0.6) is 11.5 Å². The predicted molar refractivity (Wildman–Crippen MR) is 71.7 cm³/mol. The number of hydrogen-bond donors (Lipinski definition) is 1. The second kappa shape index (κ2) is 5.10. The van der Waals surface area contributed by atoms with Crippen molar-refractivity contribution in [3.8, 4) is 11.5 Å². The molecular weight excluding hydrogens is 305 g/mol. The minimum atomic E-state index is -4.36. The first-order valence-corrected chi connectivity index (χ1v) is 6.94. The van der Waals surface area contributed by atoms with Gasteiger partial charge in [0.15, 0.2) is 16.6 Å². The topological polar surface area (TPSA) is 43.4 Å². The molecule has 21 heavy (non-hydrogen) atoms. The first-order valence-electron chi connectivity index (χ1n) is 6.12. The Balaban J connectivity index is 1.74. The molecule has 0 radical (unpaired) electrons. The van der Waals surface area contributed by atoms with Gasteiger partial charge in [0.25, 0.3) is 0 Å². The number of nitrogens with one attached hydrogen (secondary N) is 1. The minimum Gasteiger partial charge on any atom is -0.454 e. The molecular formula is C13H11F3N2O2S. The van der Waals surface area contributed by atoms with Crippen LogP contribution >= 0.6 is 11.3 Å². The SMILES string of the molecule is CC(Nc1ncc(C(F)(F)F)s1)c1ccc2c(c1)OCO2. The van der Waals surface area contributed by atoms with E-state index in [0.29, 0.717) is 22.8 Å². The molecule has 0 amide bonds. The van der Waals surface area contributed by atoms with Crippen molar-refractivity contribution in [1.29, 1.82) is 0 Å². The third-order valence-corrected chi connectivity index (χ3v) is 4.00. The minimum absolute atomic E-state index is 0.183.